The maximum Gasteiger partial charge on any atom is 0.416 e. The topological polar surface area (TPSA) is 69.4 Å². The van der Waals surface area contributed by atoms with Gasteiger partial charge in [-0.1, -0.05) is 0 Å². The van der Waals surface area contributed by atoms with Crippen molar-refractivity contribution in [3.63, 3.8) is 0 Å². The zero-order chi connectivity index (χ0) is 16.3. The van der Waals surface area contributed by atoms with Gasteiger partial charge in [0, 0.05) is 12.1 Å². The molecule has 22 heavy (non-hydrogen) atoms. The number of nitrogens with zero attached hydrogens (tertiary/aromatic N) is 1. The standard InChI is InChI=1S/C14H8F3NO4/c15-14(16,17)10-3-1-9(2-4-10)13(19)22-12-7-5-11(6-8-12)18(20)21/h1-8H. The second kappa shape index (κ2) is 5.84. The van der Waals surface area contributed by atoms with Crippen molar-refractivity contribution < 1.29 is 27.6 Å². The first-order chi connectivity index (χ1) is 10.3. The molecule has 0 saturated carbocycles. The van der Waals surface area contributed by atoms with Crippen LogP contribution >= 0.6 is 0 Å². The van der Waals surface area contributed by atoms with Gasteiger partial charge < -0.3 is 4.74 Å². The predicted molar refractivity (Wildman–Crippen MR) is 69.5 cm³/mol. The van der Waals surface area contributed by atoms with Crippen molar-refractivity contribution >= 4 is 11.7 Å². The Bertz CT molecular complexity index is 694. The Kier molecular flexibility index (Phi) is 4.11. The molecule has 0 spiro atoms. The van der Waals surface area contributed by atoms with Crippen LogP contribution in [0.15, 0.2) is 48.5 Å². The minimum absolute atomic E-state index is 0.0514. The van der Waals surface area contributed by atoms with Gasteiger partial charge in [-0.05, 0) is 36.4 Å². The summed E-state index contributed by atoms with van der Waals surface area (Å²) in [5, 5.41) is 10.5. The second-order valence-corrected chi connectivity index (χ2v) is 4.22. The van der Waals surface area contributed by atoms with Crippen molar-refractivity contribution in [1.29, 1.82) is 0 Å². The molecule has 0 radical (unpaired) electrons. The molecule has 8 heteroatoms. The molecule has 2 aromatic rings. The third-order valence-corrected chi connectivity index (χ3v) is 2.71. The highest BCUT2D eigenvalue weighted by atomic mass is 19.4. The van der Waals surface area contributed by atoms with E-state index in [0.717, 1.165) is 36.4 Å². The highest BCUT2D eigenvalue weighted by Gasteiger charge is 2.30. The van der Waals surface area contributed by atoms with Gasteiger partial charge in [-0.25, -0.2) is 4.79 Å². The number of nitro groups is 1. The van der Waals surface area contributed by atoms with Gasteiger partial charge in [-0.15, -0.1) is 0 Å². The largest absolute Gasteiger partial charge is 0.423 e. The van der Waals surface area contributed by atoms with Crippen LogP contribution in [0.1, 0.15) is 15.9 Å². The number of hydrogen-bond acceptors (Lipinski definition) is 4. The second-order valence-electron chi connectivity index (χ2n) is 4.22. The number of nitro benzene ring substituents is 1. The molecule has 0 aliphatic rings. The first-order valence-corrected chi connectivity index (χ1v) is 5.91. The molecule has 0 unspecified atom stereocenters. The number of esters is 1. The van der Waals surface area contributed by atoms with Crippen LogP contribution in [0.5, 0.6) is 5.75 Å². The molecule has 0 fully saturated rings. The number of carbonyl (C=O) groups excluding carboxylic acids is 1. The number of ether oxygens (including phenoxy) is 1. The molecule has 0 N–H and O–H groups in total. The molecule has 0 bridgehead atoms. The van der Waals surface area contributed by atoms with Gasteiger partial charge in [0.2, 0.25) is 0 Å². The monoisotopic (exact) mass is 311 g/mol. The smallest absolute Gasteiger partial charge is 0.416 e. The van der Waals surface area contributed by atoms with E-state index in [1.54, 1.807) is 0 Å². The average Bonchev–Trinajstić information content (AvgIpc) is 2.47. The molecule has 2 aromatic carbocycles. The fourth-order valence-corrected chi connectivity index (χ4v) is 1.60. The molecule has 0 amide bonds. The lowest BCUT2D eigenvalue weighted by atomic mass is 10.1. The molecule has 5 nitrogen and oxygen atoms in total. The molecule has 2 rings (SSSR count). The van der Waals surface area contributed by atoms with E-state index in [2.05, 4.69) is 0 Å². The summed E-state index contributed by atoms with van der Waals surface area (Å²) in [5.41, 5.74) is -1.11. The Morgan fingerprint density at radius 1 is 1.00 bits per heavy atom. The Morgan fingerprint density at radius 2 is 1.55 bits per heavy atom. The molecule has 0 saturated heterocycles. The highest BCUT2D eigenvalue weighted by molar-refractivity contribution is 5.91. The number of halogens is 3. The van der Waals surface area contributed by atoms with Crippen LogP contribution in [0.25, 0.3) is 0 Å². The summed E-state index contributed by atoms with van der Waals surface area (Å²) in [6, 6.07) is 8.27. The van der Waals surface area contributed by atoms with Gasteiger partial charge in [0.15, 0.2) is 0 Å². The summed E-state index contributed by atoms with van der Waals surface area (Å²) >= 11 is 0. The van der Waals surface area contributed by atoms with E-state index < -0.39 is 22.6 Å². The Labute approximate surface area is 122 Å². The van der Waals surface area contributed by atoms with E-state index in [-0.39, 0.29) is 17.0 Å². The normalized spacial score (nSPS) is 11.0. The first kappa shape index (κ1) is 15.5. The number of non-ortho nitro benzene ring substituents is 1. The quantitative estimate of drug-likeness (QED) is 0.374. The van der Waals surface area contributed by atoms with Crippen molar-refractivity contribution in [1.82, 2.24) is 0 Å². The number of hydrogen-bond donors (Lipinski definition) is 0. The van der Waals surface area contributed by atoms with Gasteiger partial charge in [-0.2, -0.15) is 13.2 Å². The Morgan fingerprint density at radius 3 is 2.00 bits per heavy atom. The van der Waals surface area contributed by atoms with Crippen molar-refractivity contribution in [2.75, 3.05) is 0 Å². The lowest BCUT2D eigenvalue weighted by Crippen LogP contribution is -2.10. The number of benzene rings is 2. The Balaban J connectivity index is 2.10. The summed E-state index contributed by atoms with van der Waals surface area (Å²) in [6.45, 7) is 0. The average molecular weight is 311 g/mol. The summed E-state index contributed by atoms with van der Waals surface area (Å²) in [5.74, 6) is -0.807. The van der Waals surface area contributed by atoms with Gasteiger partial charge in [0.25, 0.3) is 5.69 Å². The van der Waals surface area contributed by atoms with Gasteiger partial charge in [0.05, 0.1) is 16.1 Å². The summed E-state index contributed by atoms with van der Waals surface area (Å²) in [4.78, 5) is 21.6. The zero-order valence-corrected chi connectivity index (χ0v) is 10.8. The fraction of sp³-hybridized carbons (Fsp3) is 0.0714. The summed E-state index contributed by atoms with van der Waals surface area (Å²) < 4.78 is 42.1. The minimum Gasteiger partial charge on any atom is -0.423 e. The SMILES string of the molecule is O=C(Oc1ccc([N+](=O)[O-])cc1)c1ccc(C(F)(F)F)cc1. The molecule has 0 aliphatic heterocycles. The molecule has 0 heterocycles. The van der Waals surface area contributed by atoms with Crippen molar-refractivity contribution in [3.05, 3.63) is 69.8 Å². The van der Waals surface area contributed by atoms with E-state index in [1.165, 1.54) is 12.1 Å². The van der Waals surface area contributed by atoms with E-state index >= 15 is 0 Å². The van der Waals surface area contributed by atoms with Crippen LogP contribution in [-0.4, -0.2) is 10.9 Å². The molecule has 0 atom stereocenters. The molecule has 114 valence electrons. The number of carbonyl (C=O) groups is 1. The van der Waals surface area contributed by atoms with E-state index in [9.17, 15) is 28.1 Å². The first-order valence-electron chi connectivity index (χ1n) is 5.91. The predicted octanol–water partition coefficient (Wildman–Crippen LogP) is 3.83. The van der Waals surface area contributed by atoms with E-state index in [4.69, 9.17) is 4.74 Å². The van der Waals surface area contributed by atoms with Crippen LogP contribution in [0.2, 0.25) is 0 Å². The third-order valence-electron chi connectivity index (χ3n) is 2.71. The highest BCUT2D eigenvalue weighted by Crippen LogP contribution is 2.29. The van der Waals surface area contributed by atoms with Gasteiger partial charge in [-0.3, -0.25) is 10.1 Å². The lowest BCUT2D eigenvalue weighted by molar-refractivity contribution is -0.384. The van der Waals surface area contributed by atoms with Crippen molar-refractivity contribution in [2.24, 2.45) is 0 Å². The zero-order valence-electron chi connectivity index (χ0n) is 10.8. The Hall–Kier alpha value is -2.90. The van der Waals surface area contributed by atoms with Crippen LogP contribution < -0.4 is 4.74 Å². The van der Waals surface area contributed by atoms with Crippen LogP contribution in [-0.2, 0) is 6.18 Å². The van der Waals surface area contributed by atoms with Crippen LogP contribution in [0, 0.1) is 10.1 Å². The number of alkyl halides is 3. The fourth-order valence-electron chi connectivity index (χ4n) is 1.60. The van der Waals surface area contributed by atoms with E-state index in [0.29, 0.717) is 0 Å². The summed E-state index contributed by atoms with van der Waals surface area (Å²) in [7, 11) is 0. The number of rotatable bonds is 3. The van der Waals surface area contributed by atoms with Crippen LogP contribution in [0.4, 0.5) is 18.9 Å². The van der Waals surface area contributed by atoms with Gasteiger partial charge >= 0.3 is 12.1 Å². The third kappa shape index (κ3) is 3.60. The minimum atomic E-state index is -4.49. The lowest BCUT2D eigenvalue weighted by Gasteiger charge is -2.07. The van der Waals surface area contributed by atoms with E-state index in [1.807, 2.05) is 0 Å². The maximum absolute atomic E-state index is 12.4. The molecule has 0 aliphatic carbocycles. The van der Waals surface area contributed by atoms with Gasteiger partial charge in [0.1, 0.15) is 5.75 Å². The maximum atomic E-state index is 12.4. The molecular weight excluding hydrogens is 303 g/mol. The van der Waals surface area contributed by atoms with Crippen molar-refractivity contribution in [2.45, 2.75) is 6.18 Å². The van der Waals surface area contributed by atoms with Crippen LogP contribution in [0.3, 0.4) is 0 Å². The van der Waals surface area contributed by atoms with Crippen molar-refractivity contribution in [3.8, 4) is 5.75 Å². The summed E-state index contributed by atoms with van der Waals surface area (Å²) in [6.07, 6.45) is -4.49. The molecule has 0 aromatic heterocycles. The molecular formula is C14H8F3NO4.